The van der Waals surface area contributed by atoms with Gasteiger partial charge in [0.15, 0.2) is 0 Å². The molecule has 5 nitrogen and oxygen atoms in total. The highest BCUT2D eigenvalue weighted by atomic mass is 16.6. The first-order valence-corrected chi connectivity index (χ1v) is 9.61. The molecule has 3 aliphatic rings. The number of nitrogens with zero attached hydrogens (tertiary/aromatic N) is 1. The average molecular weight is 336 g/mol. The van der Waals surface area contributed by atoms with Crippen LogP contribution in [0.5, 0.6) is 0 Å². The van der Waals surface area contributed by atoms with Crippen LogP contribution in [-0.4, -0.2) is 42.1 Å². The lowest BCUT2D eigenvalue weighted by Crippen LogP contribution is -2.39. The Morgan fingerprint density at radius 3 is 2.50 bits per heavy atom. The predicted octanol–water partition coefficient (Wildman–Crippen LogP) is 3.19. The standard InChI is InChI=1S/C19H32N2O3/c1-19(2,3)24-18(23)21-11-13-10-20-17(22)15-9-7-5-4-6-8-14(15)16(13)12-21/h13-16H,4-12H2,1-3H3,(H,20,22). The molecule has 2 amide bonds. The van der Waals surface area contributed by atoms with Gasteiger partial charge in [-0.3, -0.25) is 4.79 Å². The summed E-state index contributed by atoms with van der Waals surface area (Å²) in [6.45, 7) is 7.88. The molecular formula is C19H32N2O3. The first-order chi connectivity index (χ1) is 11.3. The molecule has 0 spiro atoms. The molecule has 2 heterocycles. The maximum atomic E-state index is 12.5. The molecule has 0 aromatic carbocycles. The highest BCUT2D eigenvalue weighted by Gasteiger charge is 2.46. The Labute approximate surface area is 145 Å². The van der Waals surface area contributed by atoms with Gasteiger partial charge in [-0.05, 0) is 51.4 Å². The number of amides is 2. The first kappa shape index (κ1) is 17.6. The van der Waals surface area contributed by atoms with E-state index in [-0.39, 0.29) is 17.9 Å². The molecule has 0 aromatic rings. The van der Waals surface area contributed by atoms with E-state index in [2.05, 4.69) is 5.32 Å². The van der Waals surface area contributed by atoms with Crippen molar-refractivity contribution in [3.8, 4) is 0 Å². The average Bonchev–Trinajstić information content (AvgIpc) is 2.82. The molecular weight excluding hydrogens is 304 g/mol. The molecule has 0 bridgehead atoms. The van der Waals surface area contributed by atoms with Crippen LogP contribution in [0.2, 0.25) is 0 Å². The summed E-state index contributed by atoms with van der Waals surface area (Å²) in [5.41, 5.74) is -0.460. The predicted molar refractivity (Wildman–Crippen MR) is 92.5 cm³/mol. The van der Waals surface area contributed by atoms with Crippen molar-refractivity contribution < 1.29 is 14.3 Å². The Balaban J connectivity index is 1.74. The van der Waals surface area contributed by atoms with Crippen molar-refractivity contribution >= 4 is 12.0 Å². The quantitative estimate of drug-likeness (QED) is 0.739. The molecule has 1 saturated carbocycles. The van der Waals surface area contributed by atoms with Crippen molar-refractivity contribution in [3.63, 3.8) is 0 Å². The fraction of sp³-hybridized carbons (Fsp3) is 0.895. The summed E-state index contributed by atoms with van der Waals surface area (Å²) >= 11 is 0. The summed E-state index contributed by atoms with van der Waals surface area (Å²) < 4.78 is 5.56. The summed E-state index contributed by atoms with van der Waals surface area (Å²) in [7, 11) is 0. The maximum Gasteiger partial charge on any atom is 0.410 e. The number of nitrogens with one attached hydrogen (secondary N) is 1. The van der Waals surface area contributed by atoms with Crippen molar-refractivity contribution in [3.05, 3.63) is 0 Å². The number of carbonyl (C=O) groups is 2. The second-order valence-electron chi connectivity index (χ2n) is 8.82. The van der Waals surface area contributed by atoms with Crippen molar-refractivity contribution in [2.24, 2.45) is 23.7 Å². The van der Waals surface area contributed by atoms with E-state index in [0.717, 1.165) is 25.8 Å². The monoisotopic (exact) mass is 336 g/mol. The third kappa shape index (κ3) is 3.86. The molecule has 4 atom stereocenters. The van der Waals surface area contributed by atoms with E-state index >= 15 is 0 Å². The lowest BCUT2D eigenvalue weighted by molar-refractivity contribution is -0.127. The van der Waals surface area contributed by atoms with Crippen LogP contribution >= 0.6 is 0 Å². The maximum absolute atomic E-state index is 12.5. The molecule has 5 heteroatoms. The molecule has 4 unspecified atom stereocenters. The van der Waals surface area contributed by atoms with Gasteiger partial charge in [0, 0.05) is 25.6 Å². The van der Waals surface area contributed by atoms with Crippen molar-refractivity contribution in [1.29, 1.82) is 0 Å². The molecule has 136 valence electrons. The van der Waals surface area contributed by atoms with Gasteiger partial charge in [-0.1, -0.05) is 25.7 Å². The van der Waals surface area contributed by atoms with Gasteiger partial charge in [0.25, 0.3) is 0 Å². The second-order valence-corrected chi connectivity index (χ2v) is 8.82. The van der Waals surface area contributed by atoms with Gasteiger partial charge in [0.1, 0.15) is 5.60 Å². The van der Waals surface area contributed by atoms with E-state index < -0.39 is 5.60 Å². The normalized spacial score (nSPS) is 34.3. The van der Waals surface area contributed by atoms with Gasteiger partial charge in [0.2, 0.25) is 5.91 Å². The molecule has 0 aromatic heterocycles. The van der Waals surface area contributed by atoms with E-state index in [0.29, 0.717) is 30.8 Å². The van der Waals surface area contributed by atoms with Crippen molar-refractivity contribution in [2.45, 2.75) is 64.9 Å². The fourth-order valence-electron chi connectivity index (χ4n) is 4.79. The zero-order chi connectivity index (χ0) is 17.3. The fourth-order valence-corrected chi connectivity index (χ4v) is 4.79. The van der Waals surface area contributed by atoms with Crippen LogP contribution < -0.4 is 5.32 Å². The van der Waals surface area contributed by atoms with E-state index in [1.165, 1.54) is 19.3 Å². The minimum Gasteiger partial charge on any atom is -0.444 e. The van der Waals surface area contributed by atoms with Crippen LogP contribution in [-0.2, 0) is 9.53 Å². The zero-order valence-corrected chi connectivity index (χ0v) is 15.3. The van der Waals surface area contributed by atoms with Crippen molar-refractivity contribution in [2.75, 3.05) is 19.6 Å². The minimum absolute atomic E-state index is 0.138. The number of carbonyl (C=O) groups excluding carboxylic acids is 2. The van der Waals surface area contributed by atoms with Crippen LogP contribution in [0.4, 0.5) is 4.79 Å². The lowest BCUT2D eigenvalue weighted by atomic mass is 9.72. The largest absolute Gasteiger partial charge is 0.444 e. The molecule has 2 aliphatic heterocycles. The highest BCUT2D eigenvalue weighted by molar-refractivity contribution is 5.79. The van der Waals surface area contributed by atoms with Gasteiger partial charge < -0.3 is 15.0 Å². The summed E-state index contributed by atoms with van der Waals surface area (Å²) in [6.07, 6.45) is 6.82. The summed E-state index contributed by atoms with van der Waals surface area (Å²) in [5, 5.41) is 3.15. The first-order valence-electron chi connectivity index (χ1n) is 9.61. The minimum atomic E-state index is -0.460. The highest BCUT2D eigenvalue weighted by Crippen LogP contribution is 2.42. The van der Waals surface area contributed by atoms with Crippen LogP contribution in [0, 0.1) is 23.7 Å². The van der Waals surface area contributed by atoms with Crippen LogP contribution in [0.3, 0.4) is 0 Å². The Kier molecular flexibility index (Phi) is 5.07. The number of rotatable bonds is 0. The van der Waals surface area contributed by atoms with Gasteiger partial charge in [-0.2, -0.15) is 0 Å². The molecule has 3 rings (SSSR count). The third-order valence-electron chi connectivity index (χ3n) is 5.89. The van der Waals surface area contributed by atoms with E-state index in [1.54, 1.807) is 0 Å². The molecule has 0 radical (unpaired) electrons. The number of hydrogen-bond acceptors (Lipinski definition) is 3. The summed E-state index contributed by atoms with van der Waals surface area (Å²) in [4.78, 5) is 26.9. The third-order valence-corrected chi connectivity index (χ3v) is 5.89. The van der Waals surface area contributed by atoms with Gasteiger partial charge >= 0.3 is 6.09 Å². The van der Waals surface area contributed by atoms with Crippen LogP contribution in [0.1, 0.15) is 59.3 Å². The second kappa shape index (κ2) is 6.93. The summed E-state index contributed by atoms with van der Waals surface area (Å²) in [6, 6.07) is 0. The van der Waals surface area contributed by atoms with Crippen LogP contribution in [0.25, 0.3) is 0 Å². The van der Waals surface area contributed by atoms with E-state index in [9.17, 15) is 9.59 Å². The summed E-state index contributed by atoms with van der Waals surface area (Å²) in [5.74, 6) is 1.61. The van der Waals surface area contributed by atoms with E-state index in [1.807, 2.05) is 25.7 Å². The zero-order valence-electron chi connectivity index (χ0n) is 15.3. The Bertz CT molecular complexity index is 485. The molecule has 2 saturated heterocycles. The van der Waals surface area contributed by atoms with Crippen molar-refractivity contribution in [1.82, 2.24) is 10.2 Å². The van der Waals surface area contributed by atoms with Crippen LogP contribution in [0.15, 0.2) is 0 Å². The SMILES string of the molecule is CC(C)(C)OC(=O)N1CC2CNC(=O)C3CCCCCCC3C2C1. The Hall–Kier alpha value is -1.26. The molecule has 24 heavy (non-hydrogen) atoms. The molecule has 3 fully saturated rings. The van der Waals surface area contributed by atoms with E-state index in [4.69, 9.17) is 4.74 Å². The Morgan fingerprint density at radius 1 is 1.08 bits per heavy atom. The number of likely N-dealkylation sites (tertiary alicyclic amines) is 1. The van der Waals surface area contributed by atoms with Gasteiger partial charge in [0.05, 0.1) is 0 Å². The molecule has 1 aliphatic carbocycles. The molecule has 1 N–H and O–H groups in total. The number of fused-ring (bicyclic) bond motifs is 3. The smallest absolute Gasteiger partial charge is 0.410 e. The number of hydrogen-bond donors (Lipinski definition) is 1. The van der Waals surface area contributed by atoms with Gasteiger partial charge in [-0.15, -0.1) is 0 Å². The topological polar surface area (TPSA) is 58.6 Å². The lowest BCUT2D eigenvalue weighted by Gasteiger charge is -2.32. The Morgan fingerprint density at radius 2 is 1.79 bits per heavy atom. The number of ether oxygens (including phenoxy) is 1. The van der Waals surface area contributed by atoms with Gasteiger partial charge in [-0.25, -0.2) is 4.79 Å².